The molecule has 0 aliphatic carbocycles. The highest BCUT2D eigenvalue weighted by atomic mass is 35.5. The zero-order valence-corrected chi connectivity index (χ0v) is 19.3. The fraction of sp³-hybridized carbons (Fsp3) is 0.524. The Kier molecular flexibility index (Phi) is 6.11. The maximum absolute atomic E-state index is 15.4. The first-order valence-corrected chi connectivity index (χ1v) is 11.8. The lowest BCUT2D eigenvalue weighted by atomic mass is 10.0. The van der Waals surface area contributed by atoms with Crippen LogP contribution in [-0.2, 0) is 4.74 Å². The van der Waals surface area contributed by atoms with Crippen molar-refractivity contribution in [2.45, 2.75) is 43.8 Å². The topological polar surface area (TPSA) is 89.6 Å². The molecule has 10 heteroatoms. The summed E-state index contributed by atoms with van der Waals surface area (Å²) in [6.45, 7) is 5.54. The molecule has 3 heterocycles. The average molecular weight is 469 g/mol. The standard InChI is InChI=1S/C21H26ClFN4O3S/c1-4-30-21(29)13-19(28)12-16(24)15(23)17(25-11-5-7-26(3)8-6-11)14(22)18(12)27-10(2)9-31-20(13)27/h10-11,25H,4-9,24H2,1-3H3/t10-/m1/s1. The van der Waals surface area contributed by atoms with E-state index in [1.807, 2.05) is 18.5 Å². The number of anilines is 2. The van der Waals surface area contributed by atoms with E-state index in [0.29, 0.717) is 16.3 Å². The van der Waals surface area contributed by atoms with Crippen LogP contribution in [-0.4, -0.2) is 54.0 Å². The molecule has 168 valence electrons. The Morgan fingerprint density at radius 3 is 2.71 bits per heavy atom. The van der Waals surface area contributed by atoms with Crippen molar-refractivity contribution in [3.63, 3.8) is 0 Å². The number of likely N-dealkylation sites (tertiary alicyclic amines) is 1. The van der Waals surface area contributed by atoms with Gasteiger partial charge < -0.3 is 25.3 Å². The van der Waals surface area contributed by atoms with Crippen LogP contribution in [0.2, 0.25) is 5.02 Å². The first kappa shape index (κ1) is 22.2. The first-order valence-electron chi connectivity index (χ1n) is 10.4. The summed E-state index contributed by atoms with van der Waals surface area (Å²) < 4.78 is 22.3. The molecule has 4 rings (SSSR count). The van der Waals surface area contributed by atoms with Crippen molar-refractivity contribution >= 4 is 51.6 Å². The molecule has 0 bridgehead atoms. The van der Waals surface area contributed by atoms with Gasteiger partial charge in [0.05, 0.1) is 38.9 Å². The number of thioether (sulfide) groups is 1. The van der Waals surface area contributed by atoms with Crippen molar-refractivity contribution in [3.05, 3.63) is 26.6 Å². The lowest BCUT2D eigenvalue weighted by Crippen LogP contribution is -2.37. The summed E-state index contributed by atoms with van der Waals surface area (Å²) >= 11 is 8.12. The SMILES string of the molecule is CCOC(=O)c1c2n(c3c(Cl)c(NC4CCN(C)CC4)c(F)c(N)c3c1=O)[C@H](C)CS2. The number of halogens is 2. The maximum Gasteiger partial charge on any atom is 0.344 e. The number of carbonyl (C=O) groups excluding carboxylic acids is 1. The lowest BCUT2D eigenvalue weighted by molar-refractivity contribution is 0.0519. The number of hydrogen-bond acceptors (Lipinski definition) is 7. The second-order valence-electron chi connectivity index (χ2n) is 8.12. The van der Waals surface area contributed by atoms with Crippen LogP contribution < -0.4 is 16.5 Å². The van der Waals surface area contributed by atoms with Gasteiger partial charge in [-0.3, -0.25) is 4.79 Å². The maximum atomic E-state index is 15.4. The van der Waals surface area contributed by atoms with Crippen molar-refractivity contribution < 1.29 is 13.9 Å². The van der Waals surface area contributed by atoms with Gasteiger partial charge in [0.2, 0.25) is 5.43 Å². The molecule has 2 aliphatic rings. The zero-order chi connectivity index (χ0) is 22.4. The van der Waals surface area contributed by atoms with Gasteiger partial charge >= 0.3 is 5.97 Å². The van der Waals surface area contributed by atoms with E-state index in [2.05, 4.69) is 10.2 Å². The third-order valence-electron chi connectivity index (χ3n) is 5.97. The van der Waals surface area contributed by atoms with Gasteiger partial charge in [-0.15, -0.1) is 11.8 Å². The number of ether oxygens (including phenoxy) is 1. The lowest BCUT2D eigenvalue weighted by Gasteiger charge is -2.31. The van der Waals surface area contributed by atoms with E-state index in [-0.39, 0.29) is 46.0 Å². The van der Waals surface area contributed by atoms with E-state index in [1.54, 1.807) is 6.92 Å². The predicted molar refractivity (Wildman–Crippen MR) is 123 cm³/mol. The summed E-state index contributed by atoms with van der Waals surface area (Å²) in [5.41, 5.74) is 5.56. The number of carbonyl (C=O) groups is 1. The number of nitrogens with zero attached hydrogens (tertiary/aromatic N) is 2. The number of nitrogens with one attached hydrogen (secondary N) is 1. The summed E-state index contributed by atoms with van der Waals surface area (Å²) in [5.74, 6) is -0.845. The molecule has 2 aliphatic heterocycles. The molecular weight excluding hydrogens is 443 g/mol. The molecule has 3 N–H and O–H groups in total. The monoisotopic (exact) mass is 468 g/mol. The second-order valence-corrected chi connectivity index (χ2v) is 9.51. The number of fused-ring (bicyclic) bond motifs is 3. The van der Waals surface area contributed by atoms with Gasteiger partial charge in [-0.25, -0.2) is 9.18 Å². The molecule has 7 nitrogen and oxygen atoms in total. The summed E-state index contributed by atoms with van der Waals surface area (Å²) in [5, 5.41) is 3.76. The minimum atomic E-state index is -0.762. The third-order valence-corrected chi connectivity index (χ3v) is 7.66. The number of nitrogens with two attached hydrogens (primary N) is 1. The third kappa shape index (κ3) is 3.66. The number of rotatable bonds is 4. The number of piperidine rings is 1. The van der Waals surface area contributed by atoms with Gasteiger partial charge in [-0.2, -0.15) is 0 Å². The predicted octanol–water partition coefficient (Wildman–Crippen LogP) is 3.73. The minimum Gasteiger partial charge on any atom is -0.462 e. The van der Waals surface area contributed by atoms with Crippen molar-refractivity contribution in [2.24, 2.45) is 0 Å². The van der Waals surface area contributed by atoms with Gasteiger partial charge in [0.1, 0.15) is 5.56 Å². The fourth-order valence-electron chi connectivity index (χ4n) is 4.30. The smallest absolute Gasteiger partial charge is 0.344 e. The number of aromatic nitrogens is 1. The molecule has 1 atom stereocenters. The van der Waals surface area contributed by atoms with Crippen LogP contribution in [0.25, 0.3) is 10.9 Å². The highest BCUT2D eigenvalue weighted by Crippen LogP contribution is 2.44. The molecular formula is C21H26ClFN4O3S. The van der Waals surface area contributed by atoms with Gasteiger partial charge in [0.15, 0.2) is 5.82 Å². The number of benzene rings is 1. The van der Waals surface area contributed by atoms with Crippen LogP contribution in [0.5, 0.6) is 0 Å². The number of hydrogen-bond donors (Lipinski definition) is 2. The van der Waals surface area contributed by atoms with Gasteiger partial charge in [-0.1, -0.05) is 11.6 Å². The molecule has 31 heavy (non-hydrogen) atoms. The Hall–Kier alpha value is -1.97. The normalized spacial score (nSPS) is 19.6. The molecule has 0 unspecified atom stereocenters. The van der Waals surface area contributed by atoms with E-state index in [0.717, 1.165) is 25.9 Å². The number of pyridine rings is 1. The number of esters is 1. The van der Waals surface area contributed by atoms with Gasteiger partial charge in [0.25, 0.3) is 0 Å². The molecule has 0 saturated carbocycles. The van der Waals surface area contributed by atoms with Crippen LogP contribution in [0.4, 0.5) is 15.8 Å². The molecule has 1 fully saturated rings. The Labute approximate surface area is 189 Å². The Morgan fingerprint density at radius 2 is 2.06 bits per heavy atom. The minimum absolute atomic E-state index is 0.0513. The first-order chi connectivity index (χ1) is 14.8. The Bertz CT molecular complexity index is 1110. The molecule has 1 aromatic carbocycles. The van der Waals surface area contributed by atoms with Crippen LogP contribution >= 0.6 is 23.4 Å². The van der Waals surface area contributed by atoms with E-state index in [1.165, 1.54) is 11.8 Å². The van der Waals surface area contributed by atoms with E-state index in [4.69, 9.17) is 22.1 Å². The fourth-order valence-corrected chi connectivity index (χ4v) is 5.90. The molecule has 0 radical (unpaired) electrons. The average Bonchev–Trinajstić information content (AvgIpc) is 3.11. The number of nitrogen functional groups attached to an aromatic ring is 1. The van der Waals surface area contributed by atoms with E-state index >= 15 is 4.39 Å². The van der Waals surface area contributed by atoms with Crippen LogP contribution in [0.15, 0.2) is 9.82 Å². The highest BCUT2D eigenvalue weighted by molar-refractivity contribution is 7.99. The van der Waals surface area contributed by atoms with E-state index < -0.39 is 17.2 Å². The zero-order valence-electron chi connectivity index (χ0n) is 17.8. The van der Waals surface area contributed by atoms with Crippen molar-refractivity contribution in [1.29, 1.82) is 0 Å². The molecule has 0 spiro atoms. The van der Waals surface area contributed by atoms with Crippen LogP contribution in [0.3, 0.4) is 0 Å². The van der Waals surface area contributed by atoms with Crippen molar-refractivity contribution in [2.75, 3.05) is 43.5 Å². The molecule has 1 aromatic heterocycles. The molecule has 2 aromatic rings. The Morgan fingerprint density at radius 1 is 1.39 bits per heavy atom. The molecule has 0 amide bonds. The summed E-state index contributed by atoms with van der Waals surface area (Å²) in [7, 11) is 2.05. The van der Waals surface area contributed by atoms with Crippen molar-refractivity contribution in [3.8, 4) is 0 Å². The molecule has 1 saturated heterocycles. The Balaban J connectivity index is 1.95. The van der Waals surface area contributed by atoms with E-state index in [9.17, 15) is 9.59 Å². The quantitative estimate of drug-likeness (QED) is 0.522. The second kappa shape index (κ2) is 8.52. The largest absolute Gasteiger partial charge is 0.462 e. The summed E-state index contributed by atoms with van der Waals surface area (Å²) in [6, 6.07) is -0.00904. The van der Waals surface area contributed by atoms with Crippen molar-refractivity contribution in [1.82, 2.24) is 9.47 Å². The highest BCUT2D eigenvalue weighted by Gasteiger charge is 2.34. The summed E-state index contributed by atoms with van der Waals surface area (Å²) in [6.07, 6.45) is 1.69. The van der Waals surface area contributed by atoms with Gasteiger partial charge in [-0.05, 0) is 46.8 Å². The van der Waals surface area contributed by atoms with Crippen LogP contribution in [0.1, 0.15) is 43.1 Å². The summed E-state index contributed by atoms with van der Waals surface area (Å²) in [4.78, 5) is 28.1. The van der Waals surface area contributed by atoms with Gasteiger partial charge in [0, 0.05) is 17.8 Å². The van der Waals surface area contributed by atoms with Crippen LogP contribution in [0, 0.1) is 5.82 Å².